The molecule has 0 aliphatic carbocycles. The molecule has 0 atom stereocenters. The van der Waals surface area contributed by atoms with E-state index in [9.17, 15) is 14.4 Å². The molecule has 5 aromatic rings. The fourth-order valence-corrected chi connectivity index (χ4v) is 4.95. The van der Waals surface area contributed by atoms with Crippen LogP contribution >= 0.6 is 11.3 Å². The summed E-state index contributed by atoms with van der Waals surface area (Å²) in [5.41, 5.74) is 8.84. The fraction of sp³-hybridized carbons (Fsp3) is 0.100. The van der Waals surface area contributed by atoms with Gasteiger partial charge in [-0.15, -0.1) is 11.3 Å². The lowest BCUT2D eigenvalue weighted by molar-refractivity contribution is -0.118. The highest BCUT2D eigenvalue weighted by Gasteiger charge is 2.19. The van der Waals surface area contributed by atoms with Crippen LogP contribution in [0.1, 0.15) is 36.9 Å². The number of carbonyl (C=O) groups is 3. The molecule has 0 saturated heterocycles. The van der Waals surface area contributed by atoms with Crippen LogP contribution in [0, 0.1) is 0 Å². The second-order valence-corrected chi connectivity index (χ2v) is 10.1. The van der Waals surface area contributed by atoms with Gasteiger partial charge in [-0.25, -0.2) is 4.98 Å². The molecule has 0 radical (unpaired) electrons. The molecule has 5 rings (SSSR count). The Hall–Kier alpha value is -5.09. The number of nitrogens with zero attached hydrogens (tertiary/aromatic N) is 4. The maximum Gasteiger partial charge on any atom is 0.268 e. The van der Waals surface area contributed by atoms with Crippen LogP contribution in [0.3, 0.4) is 0 Å². The number of nitrogens with one attached hydrogen (secondary N) is 1. The number of aromatic nitrogens is 3. The molecule has 0 bridgehead atoms. The van der Waals surface area contributed by atoms with Crippen molar-refractivity contribution in [3.63, 3.8) is 0 Å². The number of benzene rings is 2. The second kappa shape index (κ2) is 11.7. The number of carbonyl (C=O) groups excluding carboxylic acids is 3. The van der Waals surface area contributed by atoms with E-state index in [-0.39, 0.29) is 30.7 Å². The number of hydrogen-bond donors (Lipinski definition) is 2. The molecule has 3 aromatic heterocycles. The number of hydrogen-bond acceptors (Lipinski definition) is 6. The standard InChI is InChI=1S/C30H26N6O3S/c1-35(29(39)21-7-3-2-4-8-21)22-10-13-25-24(18-22)33-30(36(25)17-15-27(31)37)34-28(38)26-14-12-23(40-26)11-9-20-6-5-16-32-19-20/h2-14,16,18-19H,15,17H2,1H3,(H2,31,37)(H,33,34,38)/b11-9+. The average Bonchev–Trinajstić information content (AvgIpc) is 3.59. The molecular weight excluding hydrogens is 524 g/mol. The Kier molecular flexibility index (Phi) is 7.79. The second-order valence-electron chi connectivity index (χ2n) is 8.98. The van der Waals surface area contributed by atoms with Crippen molar-refractivity contribution in [2.45, 2.75) is 13.0 Å². The van der Waals surface area contributed by atoms with Crippen LogP contribution in [0.25, 0.3) is 23.2 Å². The third-order valence-electron chi connectivity index (χ3n) is 6.23. The third kappa shape index (κ3) is 5.97. The van der Waals surface area contributed by atoms with E-state index in [1.165, 1.54) is 11.3 Å². The van der Waals surface area contributed by atoms with Gasteiger partial charge in [0.1, 0.15) is 0 Å². The average molecular weight is 551 g/mol. The third-order valence-corrected chi connectivity index (χ3v) is 7.28. The summed E-state index contributed by atoms with van der Waals surface area (Å²) in [5.74, 6) is -0.658. The van der Waals surface area contributed by atoms with Crippen LogP contribution in [0.4, 0.5) is 11.6 Å². The lowest BCUT2D eigenvalue weighted by Crippen LogP contribution is -2.26. The molecule has 10 heteroatoms. The van der Waals surface area contributed by atoms with Gasteiger partial charge in [0.05, 0.1) is 15.9 Å². The van der Waals surface area contributed by atoms with Crippen molar-refractivity contribution in [1.82, 2.24) is 14.5 Å². The number of amides is 3. The lowest BCUT2D eigenvalue weighted by atomic mass is 10.2. The van der Waals surface area contributed by atoms with Gasteiger partial charge in [0.25, 0.3) is 11.8 Å². The van der Waals surface area contributed by atoms with Gasteiger partial charge >= 0.3 is 0 Å². The summed E-state index contributed by atoms with van der Waals surface area (Å²) in [5, 5.41) is 2.88. The normalized spacial score (nSPS) is 11.1. The molecule has 3 heterocycles. The molecule has 3 amide bonds. The van der Waals surface area contributed by atoms with Crippen molar-refractivity contribution in [3.05, 3.63) is 106 Å². The molecule has 2 aromatic carbocycles. The number of rotatable bonds is 9. The van der Waals surface area contributed by atoms with Crippen molar-refractivity contribution in [3.8, 4) is 0 Å². The van der Waals surface area contributed by atoms with Crippen molar-refractivity contribution in [1.29, 1.82) is 0 Å². The molecule has 9 nitrogen and oxygen atoms in total. The van der Waals surface area contributed by atoms with Gasteiger partial charge in [0.2, 0.25) is 11.9 Å². The quantitative estimate of drug-likeness (QED) is 0.265. The molecule has 0 spiro atoms. The van der Waals surface area contributed by atoms with Gasteiger partial charge in [0.15, 0.2) is 0 Å². The number of thiophene rings is 1. The minimum absolute atomic E-state index is 0.0742. The number of fused-ring (bicyclic) bond motifs is 1. The summed E-state index contributed by atoms with van der Waals surface area (Å²) in [6, 6.07) is 21.8. The minimum Gasteiger partial charge on any atom is -0.370 e. The molecule has 200 valence electrons. The Balaban J connectivity index is 1.40. The Morgan fingerprint density at radius 3 is 2.60 bits per heavy atom. The Morgan fingerprint density at radius 2 is 1.85 bits per heavy atom. The van der Waals surface area contributed by atoms with Crippen LogP contribution in [0.5, 0.6) is 0 Å². The maximum absolute atomic E-state index is 13.2. The monoisotopic (exact) mass is 550 g/mol. The highest BCUT2D eigenvalue weighted by molar-refractivity contribution is 7.15. The lowest BCUT2D eigenvalue weighted by Gasteiger charge is -2.17. The van der Waals surface area contributed by atoms with Gasteiger partial charge in [-0.05, 0) is 60.2 Å². The van der Waals surface area contributed by atoms with E-state index in [0.717, 1.165) is 10.4 Å². The Morgan fingerprint density at radius 1 is 1.02 bits per heavy atom. The number of primary amides is 1. The maximum atomic E-state index is 13.2. The molecule has 0 fully saturated rings. The summed E-state index contributed by atoms with van der Waals surface area (Å²) in [6.45, 7) is 0.239. The number of pyridine rings is 1. The van der Waals surface area contributed by atoms with E-state index in [2.05, 4.69) is 15.3 Å². The highest BCUT2D eigenvalue weighted by Crippen LogP contribution is 2.27. The number of aryl methyl sites for hydroxylation is 1. The molecule has 0 saturated carbocycles. The summed E-state index contributed by atoms with van der Waals surface area (Å²) >= 11 is 1.34. The molecule has 0 unspecified atom stereocenters. The summed E-state index contributed by atoms with van der Waals surface area (Å²) in [6.07, 6.45) is 7.40. The smallest absolute Gasteiger partial charge is 0.268 e. The molecular formula is C30H26N6O3S. The Bertz CT molecular complexity index is 1710. The largest absolute Gasteiger partial charge is 0.370 e. The van der Waals surface area contributed by atoms with Crippen LogP contribution < -0.4 is 16.0 Å². The topological polar surface area (TPSA) is 123 Å². The molecule has 0 aliphatic rings. The fourth-order valence-electron chi connectivity index (χ4n) is 4.14. The van der Waals surface area contributed by atoms with Crippen molar-refractivity contribution in [2.75, 3.05) is 17.3 Å². The van der Waals surface area contributed by atoms with Crippen LogP contribution in [0.15, 0.2) is 85.2 Å². The Labute approximate surface area is 234 Å². The van der Waals surface area contributed by atoms with Gasteiger partial charge in [-0.2, -0.15) is 0 Å². The van der Waals surface area contributed by atoms with Crippen LogP contribution in [-0.2, 0) is 11.3 Å². The zero-order valence-corrected chi connectivity index (χ0v) is 22.5. The zero-order valence-electron chi connectivity index (χ0n) is 21.7. The summed E-state index contributed by atoms with van der Waals surface area (Å²) in [4.78, 5) is 49.4. The first-order valence-electron chi connectivity index (χ1n) is 12.5. The van der Waals surface area contributed by atoms with Gasteiger partial charge in [-0.1, -0.05) is 30.3 Å². The molecule has 40 heavy (non-hydrogen) atoms. The van der Waals surface area contributed by atoms with Gasteiger partial charge in [-0.3, -0.25) is 24.7 Å². The van der Waals surface area contributed by atoms with Crippen LogP contribution in [-0.4, -0.2) is 39.3 Å². The van der Waals surface area contributed by atoms with Crippen molar-refractivity contribution in [2.24, 2.45) is 5.73 Å². The summed E-state index contributed by atoms with van der Waals surface area (Å²) in [7, 11) is 1.69. The molecule has 3 N–H and O–H groups in total. The SMILES string of the molecule is CN(C(=O)c1ccccc1)c1ccc2c(c1)nc(NC(=O)c1ccc(/C=C/c3cccnc3)s1)n2CCC(N)=O. The number of nitrogens with two attached hydrogens (primary N) is 1. The predicted octanol–water partition coefficient (Wildman–Crippen LogP) is 5.07. The first-order chi connectivity index (χ1) is 19.4. The predicted molar refractivity (Wildman–Crippen MR) is 158 cm³/mol. The summed E-state index contributed by atoms with van der Waals surface area (Å²) < 4.78 is 1.75. The van der Waals surface area contributed by atoms with E-state index in [4.69, 9.17) is 5.73 Å². The van der Waals surface area contributed by atoms with Crippen molar-refractivity contribution >= 4 is 63.9 Å². The van der Waals surface area contributed by atoms with Crippen molar-refractivity contribution < 1.29 is 14.4 Å². The van der Waals surface area contributed by atoms with Crippen LogP contribution in [0.2, 0.25) is 0 Å². The van der Waals surface area contributed by atoms with E-state index < -0.39 is 5.91 Å². The number of anilines is 2. The van der Waals surface area contributed by atoms with Gasteiger partial charge in [0, 0.05) is 48.5 Å². The van der Waals surface area contributed by atoms with E-state index in [1.54, 1.807) is 59.2 Å². The van der Waals surface area contributed by atoms with E-state index in [1.807, 2.05) is 54.6 Å². The first kappa shape index (κ1) is 26.5. The minimum atomic E-state index is -0.466. The zero-order chi connectivity index (χ0) is 28.1. The van der Waals surface area contributed by atoms with Gasteiger partial charge < -0.3 is 15.2 Å². The molecule has 0 aliphatic heterocycles. The highest BCUT2D eigenvalue weighted by atomic mass is 32.1. The van der Waals surface area contributed by atoms with E-state index in [0.29, 0.717) is 27.2 Å². The number of imidazole rings is 1. The first-order valence-corrected chi connectivity index (χ1v) is 13.3. The van der Waals surface area contributed by atoms with E-state index >= 15 is 0 Å².